The van der Waals surface area contributed by atoms with Crippen molar-refractivity contribution < 1.29 is 13.7 Å². The standard InChI is InChI=1S/C19H15N5O3/c25-17(22-15-5-3-13(4-6-15)16-11-21-12-26-16)7-8-18-23-19(24-27-18)14-2-1-9-20-10-14/h1-6,9-12H,7-8H2,(H,22,25). The van der Waals surface area contributed by atoms with Gasteiger partial charge in [-0.1, -0.05) is 5.16 Å². The van der Waals surface area contributed by atoms with Crippen LogP contribution in [0.15, 0.2) is 70.3 Å². The van der Waals surface area contributed by atoms with Gasteiger partial charge in [-0.25, -0.2) is 4.98 Å². The summed E-state index contributed by atoms with van der Waals surface area (Å²) in [5.74, 6) is 1.41. The minimum atomic E-state index is -0.136. The zero-order chi connectivity index (χ0) is 18.5. The summed E-state index contributed by atoms with van der Waals surface area (Å²) in [4.78, 5) is 24.3. The molecule has 27 heavy (non-hydrogen) atoms. The Hall–Kier alpha value is -3.81. The van der Waals surface area contributed by atoms with E-state index < -0.39 is 0 Å². The molecule has 0 aliphatic rings. The smallest absolute Gasteiger partial charge is 0.227 e. The van der Waals surface area contributed by atoms with Gasteiger partial charge in [0.05, 0.1) is 6.20 Å². The van der Waals surface area contributed by atoms with Crippen LogP contribution >= 0.6 is 0 Å². The van der Waals surface area contributed by atoms with Crippen LogP contribution in [0.5, 0.6) is 0 Å². The fourth-order valence-electron chi connectivity index (χ4n) is 2.49. The van der Waals surface area contributed by atoms with Crippen LogP contribution in [0.25, 0.3) is 22.7 Å². The summed E-state index contributed by atoms with van der Waals surface area (Å²) in [6.45, 7) is 0. The van der Waals surface area contributed by atoms with Crippen molar-refractivity contribution in [2.75, 3.05) is 5.32 Å². The summed E-state index contributed by atoms with van der Waals surface area (Å²) in [6, 6.07) is 11.0. The van der Waals surface area contributed by atoms with Crippen LogP contribution in [0.1, 0.15) is 12.3 Å². The molecule has 0 atom stereocenters. The van der Waals surface area contributed by atoms with E-state index in [1.54, 1.807) is 24.7 Å². The average molecular weight is 361 g/mol. The average Bonchev–Trinajstić information content (AvgIpc) is 3.40. The number of carbonyl (C=O) groups is 1. The van der Waals surface area contributed by atoms with Gasteiger partial charge in [0, 0.05) is 42.0 Å². The Balaban J connectivity index is 1.32. The molecule has 8 heteroatoms. The van der Waals surface area contributed by atoms with Gasteiger partial charge in [0.2, 0.25) is 17.6 Å². The molecule has 1 amide bonds. The largest absolute Gasteiger partial charge is 0.444 e. The van der Waals surface area contributed by atoms with Crippen molar-refractivity contribution in [3.8, 4) is 22.7 Å². The van der Waals surface area contributed by atoms with Crippen molar-refractivity contribution in [1.82, 2.24) is 20.1 Å². The van der Waals surface area contributed by atoms with Crippen LogP contribution in [0.2, 0.25) is 0 Å². The van der Waals surface area contributed by atoms with Crippen LogP contribution in [-0.2, 0) is 11.2 Å². The second kappa shape index (κ2) is 7.61. The number of aryl methyl sites for hydroxylation is 1. The van der Waals surface area contributed by atoms with E-state index in [9.17, 15) is 4.79 Å². The Bertz CT molecular complexity index is 1010. The molecule has 0 saturated carbocycles. The predicted octanol–water partition coefficient (Wildman–Crippen LogP) is 3.36. The highest BCUT2D eigenvalue weighted by atomic mass is 16.5. The Morgan fingerprint density at radius 2 is 1.93 bits per heavy atom. The number of benzene rings is 1. The minimum Gasteiger partial charge on any atom is -0.444 e. The maximum absolute atomic E-state index is 12.1. The lowest BCUT2D eigenvalue weighted by Crippen LogP contribution is -2.12. The fraction of sp³-hybridized carbons (Fsp3) is 0.105. The van der Waals surface area contributed by atoms with Gasteiger partial charge in [-0.15, -0.1) is 0 Å². The van der Waals surface area contributed by atoms with Crippen LogP contribution in [-0.4, -0.2) is 26.0 Å². The van der Waals surface area contributed by atoms with Crippen molar-refractivity contribution >= 4 is 11.6 Å². The molecule has 0 fully saturated rings. The molecule has 134 valence electrons. The van der Waals surface area contributed by atoms with Crippen molar-refractivity contribution in [2.45, 2.75) is 12.8 Å². The molecular formula is C19H15N5O3. The van der Waals surface area contributed by atoms with Gasteiger partial charge in [0.15, 0.2) is 12.2 Å². The zero-order valence-corrected chi connectivity index (χ0v) is 14.2. The normalized spacial score (nSPS) is 10.7. The molecule has 1 N–H and O–H groups in total. The van der Waals surface area contributed by atoms with Gasteiger partial charge >= 0.3 is 0 Å². The number of hydrogen-bond acceptors (Lipinski definition) is 7. The topological polar surface area (TPSA) is 107 Å². The first kappa shape index (κ1) is 16.6. The monoisotopic (exact) mass is 361 g/mol. The maximum atomic E-state index is 12.1. The number of anilines is 1. The molecule has 4 aromatic rings. The number of rotatable bonds is 6. The molecule has 4 rings (SSSR count). The van der Waals surface area contributed by atoms with Crippen LogP contribution < -0.4 is 5.32 Å². The highest BCUT2D eigenvalue weighted by Gasteiger charge is 2.11. The molecule has 3 aromatic heterocycles. The quantitative estimate of drug-likeness (QED) is 0.561. The van der Waals surface area contributed by atoms with E-state index in [1.165, 1.54) is 6.39 Å². The molecule has 0 saturated heterocycles. The van der Waals surface area contributed by atoms with Gasteiger partial charge in [-0.05, 0) is 36.4 Å². The van der Waals surface area contributed by atoms with E-state index in [0.29, 0.717) is 29.6 Å². The maximum Gasteiger partial charge on any atom is 0.227 e. The number of nitrogens with one attached hydrogen (secondary N) is 1. The highest BCUT2D eigenvalue weighted by Crippen LogP contribution is 2.21. The summed E-state index contributed by atoms with van der Waals surface area (Å²) >= 11 is 0. The Labute approximate surface area is 154 Å². The fourth-order valence-corrected chi connectivity index (χ4v) is 2.49. The third-order valence-corrected chi connectivity index (χ3v) is 3.84. The molecule has 0 aliphatic carbocycles. The lowest BCUT2D eigenvalue weighted by molar-refractivity contribution is -0.116. The summed E-state index contributed by atoms with van der Waals surface area (Å²) in [5.41, 5.74) is 2.35. The van der Waals surface area contributed by atoms with E-state index in [1.807, 2.05) is 30.3 Å². The number of oxazole rings is 1. The van der Waals surface area contributed by atoms with Crippen LogP contribution in [0.3, 0.4) is 0 Å². The van der Waals surface area contributed by atoms with Gasteiger partial charge in [0.1, 0.15) is 0 Å². The highest BCUT2D eigenvalue weighted by molar-refractivity contribution is 5.91. The number of aromatic nitrogens is 4. The van der Waals surface area contributed by atoms with E-state index >= 15 is 0 Å². The Kier molecular flexibility index (Phi) is 4.69. The molecule has 0 radical (unpaired) electrons. The van der Waals surface area contributed by atoms with E-state index in [4.69, 9.17) is 8.94 Å². The van der Waals surface area contributed by atoms with Crippen LogP contribution in [0, 0.1) is 0 Å². The molecular weight excluding hydrogens is 346 g/mol. The molecule has 3 heterocycles. The van der Waals surface area contributed by atoms with Gasteiger partial charge in [-0.2, -0.15) is 4.98 Å². The number of pyridine rings is 1. The van der Waals surface area contributed by atoms with Gasteiger partial charge in [-0.3, -0.25) is 9.78 Å². The first-order chi connectivity index (χ1) is 13.3. The lowest BCUT2D eigenvalue weighted by Gasteiger charge is -2.04. The lowest BCUT2D eigenvalue weighted by atomic mass is 10.1. The zero-order valence-electron chi connectivity index (χ0n) is 14.2. The van der Waals surface area contributed by atoms with Crippen molar-refractivity contribution in [3.63, 3.8) is 0 Å². The SMILES string of the molecule is O=C(CCc1nc(-c2cccnc2)no1)Nc1ccc(-c2cnco2)cc1. The molecule has 1 aromatic carbocycles. The molecule has 0 bridgehead atoms. The van der Waals surface area contributed by atoms with Crippen molar-refractivity contribution in [3.05, 3.63) is 67.3 Å². The molecule has 0 spiro atoms. The number of carbonyl (C=O) groups excluding carboxylic acids is 1. The first-order valence-corrected chi connectivity index (χ1v) is 8.30. The summed E-state index contributed by atoms with van der Waals surface area (Å²) in [6.07, 6.45) is 6.93. The second-order valence-electron chi connectivity index (χ2n) is 5.74. The van der Waals surface area contributed by atoms with E-state index in [0.717, 1.165) is 11.1 Å². The Morgan fingerprint density at radius 1 is 1.04 bits per heavy atom. The van der Waals surface area contributed by atoms with Crippen molar-refractivity contribution in [1.29, 1.82) is 0 Å². The first-order valence-electron chi connectivity index (χ1n) is 8.30. The predicted molar refractivity (Wildman–Crippen MR) is 96.4 cm³/mol. The summed E-state index contributed by atoms with van der Waals surface area (Å²) < 4.78 is 10.4. The van der Waals surface area contributed by atoms with E-state index in [-0.39, 0.29) is 12.3 Å². The third kappa shape index (κ3) is 4.06. The molecule has 0 unspecified atom stereocenters. The van der Waals surface area contributed by atoms with Crippen LogP contribution in [0.4, 0.5) is 5.69 Å². The van der Waals surface area contributed by atoms with E-state index in [2.05, 4.69) is 25.4 Å². The number of hydrogen-bond donors (Lipinski definition) is 1. The minimum absolute atomic E-state index is 0.136. The number of nitrogens with zero attached hydrogens (tertiary/aromatic N) is 4. The number of amides is 1. The third-order valence-electron chi connectivity index (χ3n) is 3.84. The van der Waals surface area contributed by atoms with Crippen molar-refractivity contribution in [2.24, 2.45) is 0 Å². The van der Waals surface area contributed by atoms with Gasteiger partial charge in [0.25, 0.3) is 0 Å². The van der Waals surface area contributed by atoms with Gasteiger partial charge < -0.3 is 14.3 Å². The molecule has 0 aliphatic heterocycles. The molecule has 8 nitrogen and oxygen atoms in total. The Morgan fingerprint density at radius 3 is 2.67 bits per heavy atom. The summed E-state index contributed by atoms with van der Waals surface area (Å²) in [5, 5.41) is 6.75. The summed E-state index contributed by atoms with van der Waals surface area (Å²) in [7, 11) is 0. The second-order valence-corrected chi connectivity index (χ2v) is 5.74.